The van der Waals surface area contributed by atoms with E-state index in [-0.39, 0.29) is 17.9 Å². The first kappa shape index (κ1) is 18.1. The third-order valence-corrected chi connectivity index (χ3v) is 4.08. The van der Waals surface area contributed by atoms with Crippen molar-refractivity contribution in [3.8, 4) is 5.75 Å². The van der Waals surface area contributed by atoms with Crippen molar-refractivity contribution in [1.29, 1.82) is 0 Å². The Morgan fingerprint density at radius 1 is 1.11 bits per heavy atom. The number of anilines is 1. The summed E-state index contributed by atoms with van der Waals surface area (Å²) in [5.41, 5.74) is 1.56. The zero-order valence-electron chi connectivity index (χ0n) is 14.8. The van der Waals surface area contributed by atoms with Gasteiger partial charge in [0.2, 0.25) is 5.78 Å². The number of nitrogens with one attached hydrogen (secondary N) is 1. The Hall–Kier alpha value is -3.68. The number of aromatic carboxylic acids is 1. The molecule has 1 heterocycles. The van der Waals surface area contributed by atoms with Crippen LogP contribution in [0.2, 0.25) is 0 Å². The normalized spacial score (nSPS) is 10.4. The maximum absolute atomic E-state index is 12.7. The molecule has 0 fully saturated rings. The Bertz CT molecular complexity index is 962. The van der Waals surface area contributed by atoms with E-state index in [0.29, 0.717) is 11.3 Å². The lowest BCUT2D eigenvalue weighted by Gasteiger charge is -2.06. The molecule has 138 valence electrons. The minimum atomic E-state index is -1.26. The minimum absolute atomic E-state index is 0.171. The molecule has 3 aromatic rings. The average molecular weight is 366 g/mol. The van der Waals surface area contributed by atoms with E-state index < -0.39 is 11.8 Å². The number of hydrogen-bond donors (Lipinski definition) is 2. The molecule has 0 radical (unpaired) electrons. The van der Waals surface area contributed by atoms with Crippen LogP contribution in [-0.4, -0.2) is 46.0 Å². The van der Waals surface area contributed by atoms with E-state index >= 15 is 0 Å². The second kappa shape index (κ2) is 7.69. The third-order valence-electron chi connectivity index (χ3n) is 4.08. The van der Waals surface area contributed by atoms with Gasteiger partial charge >= 0.3 is 5.97 Å². The fourth-order valence-electron chi connectivity index (χ4n) is 2.62. The van der Waals surface area contributed by atoms with Gasteiger partial charge in [0.15, 0.2) is 11.4 Å². The number of carboxylic acid groups (broad SMARTS) is 1. The Kier molecular flexibility index (Phi) is 5.16. The van der Waals surface area contributed by atoms with Crippen LogP contribution in [0.4, 0.5) is 5.69 Å². The Morgan fingerprint density at radius 3 is 2.33 bits per heavy atom. The van der Waals surface area contributed by atoms with Crippen LogP contribution in [0.15, 0.2) is 48.5 Å². The molecule has 0 atom stereocenters. The van der Waals surface area contributed by atoms with Gasteiger partial charge in [-0.25, -0.2) is 9.48 Å². The monoisotopic (exact) mass is 366 g/mol. The highest BCUT2D eigenvalue weighted by molar-refractivity contribution is 6.12. The van der Waals surface area contributed by atoms with Gasteiger partial charge in [0.05, 0.1) is 13.7 Å². The maximum Gasteiger partial charge on any atom is 0.356 e. The molecule has 0 saturated carbocycles. The second-order valence-corrected chi connectivity index (χ2v) is 5.75. The van der Waals surface area contributed by atoms with Crippen molar-refractivity contribution in [3.05, 3.63) is 71.0 Å². The van der Waals surface area contributed by atoms with Gasteiger partial charge in [0.1, 0.15) is 5.75 Å². The molecule has 0 bridgehead atoms. The van der Waals surface area contributed by atoms with E-state index in [1.165, 1.54) is 4.68 Å². The van der Waals surface area contributed by atoms with Crippen molar-refractivity contribution in [3.63, 3.8) is 0 Å². The summed E-state index contributed by atoms with van der Waals surface area (Å²) in [6, 6.07) is 13.8. The van der Waals surface area contributed by atoms with Gasteiger partial charge < -0.3 is 15.2 Å². The molecular formula is C19H18N4O4. The lowest BCUT2D eigenvalue weighted by Crippen LogP contribution is -2.15. The van der Waals surface area contributed by atoms with Crippen LogP contribution >= 0.6 is 0 Å². The van der Waals surface area contributed by atoms with Crippen molar-refractivity contribution < 1.29 is 19.4 Å². The molecular weight excluding hydrogens is 348 g/mol. The molecule has 3 rings (SSSR count). The average Bonchev–Trinajstić information content (AvgIpc) is 3.12. The number of nitrogens with zero attached hydrogens (tertiary/aromatic N) is 3. The molecule has 2 aromatic carbocycles. The highest BCUT2D eigenvalue weighted by Crippen LogP contribution is 2.17. The molecule has 0 aliphatic heterocycles. The number of rotatable bonds is 7. The lowest BCUT2D eigenvalue weighted by atomic mass is 10.1. The molecule has 0 saturated heterocycles. The predicted molar refractivity (Wildman–Crippen MR) is 98.5 cm³/mol. The van der Waals surface area contributed by atoms with Crippen molar-refractivity contribution in [2.24, 2.45) is 0 Å². The number of benzene rings is 2. The lowest BCUT2D eigenvalue weighted by molar-refractivity contribution is 0.0679. The van der Waals surface area contributed by atoms with Crippen molar-refractivity contribution >= 4 is 17.4 Å². The van der Waals surface area contributed by atoms with Gasteiger partial charge in [-0.2, -0.15) is 0 Å². The highest BCUT2D eigenvalue weighted by atomic mass is 16.5. The zero-order chi connectivity index (χ0) is 19.4. The summed E-state index contributed by atoms with van der Waals surface area (Å²) in [5.74, 6) is -1.06. The van der Waals surface area contributed by atoms with Crippen molar-refractivity contribution in [1.82, 2.24) is 15.0 Å². The molecule has 0 amide bonds. The van der Waals surface area contributed by atoms with Crippen LogP contribution in [0.3, 0.4) is 0 Å². The number of hydrogen-bond acceptors (Lipinski definition) is 6. The summed E-state index contributed by atoms with van der Waals surface area (Å²) in [5, 5.41) is 20.3. The van der Waals surface area contributed by atoms with Crippen LogP contribution in [-0.2, 0) is 6.54 Å². The van der Waals surface area contributed by atoms with Crippen LogP contribution in [0.25, 0.3) is 0 Å². The van der Waals surface area contributed by atoms with E-state index in [9.17, 15) is 14.7 Å². The van der Waals surface area contributed by atoms with Crippen LogP contribution < -0.4 is 10.1 Å². The van der Waals surface area contributed by atoms with E-state index in [0.717, 1.165) is 11.3 Å². The number of ether oxygens (including phenoxy) is 1. The van der Waals surface area contributed by atoms with Gasteiger partial charge in [0.25, 0.3) is 0 Å². The summed E-state index contributed by atoms with van der Waals surface area (Å²) < 4.78 is 6.31. The number of methoxy groups -OCH3 is 1. The summed E-state index contributed by atoms with van der Waals surface area (Å²) in [6.07, 6.45) is 0. The van der Waals surface area contributed by atoms with Crippen LogP contribution in [0.1, 0.15) is 32.1 Å². The SMILES string of the molecule is CNc1ccc(C(=O)c2nnn(Cc3ccc(OC)cc3)c2C(=O)O)cc1. The fraction of sp³-hybridized carbons (Fsp3) is 0.158. The van der Waals surface area contributed by atoms with Crippen LogP contribution in [0, 0.1) is 0 Å². The topological polar surface area (TPSA) is 106 Å². The number of aromatic nitrogens is 3. The first-order valence-corrected chi connectivity index (χ1v) is 8.15. The first-order valence-electron chi connectivity index (χ1n) is 8.15. The molecule has 2 N–H and O–H groups in total. The molecule has 8 nitrogen and oxygen atoms in total. The van der Waals surface area contributed by atoms with Gasteiger partial charge in [-0.05, 0) is 42.0 Å². The molecule has 0 aliphatic carbocycles. The van der Waals surface area contributed by atoms with E-state index in [4.69, 9.17) is 4.74 Å². The van der Waals surface area contributed by atoms with Gasteiger partial charge in [-0.15, -0.1) is 5.10 Å². The molecule has 0 spiro atoms. The number of carbonyl (C=O) groups excluding carboxylic acids is 1. The van der Waals surface area contributed by atoms with E-state index in [2.05, 4.69) is 15.6 Å². The van der Waals surface area contributed by atoms with Gasteiger partial charge in [0, 0.05) is 18.3 Å². The van der Waals surface area contributed by atoms with E-state index in [1.807, 2.05) is 0 Å². The second-order valence-electron chi connectivity index (χ2n) is 5.75. The third kappa shape index (κ3) is 3.79. The van der Waals surface area contributed by atoms with Crippen LogP contribution in [0.5, 0.6) is 5.75 Å². The molecule has 0 unspecified atom stereocenters. The highest BCUT2D eigenvalue weighted by Gasteiger charge is 2.26. The number of carboxylic acids is 1. The molecule has 8 heteroatoms. The molecule has 1 aromatic heterocycles. The quantitative estimate of drug-likeness (QED) is 0.618. The zero-order valence-corrected chi connectivity index (χ0v) is 14.8. The molecule has 27 heavy (non-hydrogen) atoms. The van der Waals surface area contributed by atoms with Gasteiger partial charge in [-0.1, -0.05) is 17.3 Å². The Labute approximate surface area is 155 Å². The van der Waals surface area contributed by atoms with E-state index in [1.54, 1.807) is 62.7 Å². The standard InChI is InChI=1S/C19H18N4O4/c1-20-14-7-5-13(6-8-14)18(24)16-17(19(25)26)23(22-21-16)11-12-3-9-15(27-2)10-4-12/h3-10,20H,11H2,1-2H3,(H,25,26). The number of carbonyl (C=O) groups is 2. The van der Waals surface area contributed by atoms with Crippen molar-refractivity contribution in [2.45, 2.75) is 6.54 Å². The fourth-order valence-corrected chi connectivity index (χ4v) is 2.62. The Morgan fingerprint density at radius 2 is 1.78 bits per heavy atom. The molecule has 0 aliphatic rings. The smallest absolute Gasteiger partial charge is 0.356 e. The summed E-state index contributed by atoms with van der Waals surface area (Å²) in [4.78, 5) is 24.5. The first-order chi connectivity index (χ1) is 13.0. The Balaban J connectivity index is 1.92. The summed E-state index contributed by atoms with van der Waals surface area (Å²) in [7, 11) is 3.33. The van der Waals surface area contributed by atoms with Gasteiger partial charge in [-0.3, -0.25) is 4.79 Å². The number of ketones is 1. The summed E-state index contributed by atoms with van der Waals surface area (Å²) in [6.45, 7) is 0.171. The largest absolute Gasteiger partial charge is 0.497 e. The van der Waals surface area contributed by atoms with Crippen molar-refractivity contribution in [2.75, 3.05) is 19.5 Å². The predicted octanol–water partition coefficient (Wildman–Crippen LogP) is 2.31. The minimum Gasteiger partial charge on any atom is -0.497 e. The summed E-state index contributed by atoms with van der Waals surface area (Å²) >= 11 is 0. The maximum atomic E-state index is 12.7.